The number of nitrogens with one attached hydrogen (secondary N) is 3. The second-order valence-corrected chi connectivity index (χ2v) is 9.42. The molecule has 0 aliphatic heterocycles. The molecule has 1 aromatic rings. The first-order valence-electron chi connectivity index (χ1n) is 12.1. The molecule has 0 fully saturated rings. The van der Waals surface area contributed by atoms with Gasteiger partial charge in [-0.2, -0.15) is 0 Å². The molecule has 8 N–H and O–H groups in total. The summed E-state index contributed by atoms with van der Waals surface area (Å²) in [5.74, 6) is -4.34. The number of carboxylic acid groups (broad SMARTS) is 1. The molecule has 4 amide bonds. The van der Waals surface area contributed by atoms with Gasteiger partial charge in [-0.25, -0.2) is 4.79 Å². The van der Waals surface area contributed by atoms with Crippen LogP contribution in [0.4, 0.5) is 0 Å². The molecule has 0 bridgehead atoms. The number of hydrogen-bond donors (Lipinski definition) is 6. The van der Waals surface area contributed by atoms with Crippen LogP contribution in [0.1, 0.15) is 52.5 Å². The number of hydrogen-bond acceptors (Lipinski definition) is 6. The van der Waals surface area contributed by atoms with Gasteiger partial charge in [-0.15, -0.1) is 0 Å². The molecule has 0 spiro atoms. The number of nitrogens with two attached hydrogens (primary N) is 2. The van der Waals surface area contributed by atoms with E-state index in [0.29, 0.717) is 12.0 Å². The van der Waals surface area contributed by atoms with E-state index in [2.05, 4.69) is 16.0 Å². The highest BCUT2D eigenvalue weighted by molar-refractivity contribution is 5.96. The minimum absolute atomic E-state index is 0.00131. The predicted octanol–water partition coefficient (Wildman–Crippen LogP) is 0.0630. The van der Waals surface area contributed by atoms with Gasteiger partial charge in [0.1, 0.15) is 18.1 Å². The third kappa shape index (κ3) is 10.4. The third-order valence-electron chi connectivity index (χ3n) is 5.84. The lowest BCUT2D eigenvalue weighted by Gasteiger charge is -2.26. The topological polar surface area (TPSA) is 194 Å². The summed E-state index contributed by atoms with van der Waals surface area (Å²) >= 11 is 0. The highest BCUT2D eigenvalue weighted by atomic mass is 16.4. The van der Waals surface area contributed by atoms with Gasteiger partial charge in [-0.1, -0.05) is 64.4 Å². The van der Waals surface area contributed by atoms with Crippen LogP contribution >= 0.6 is 0 Å². The molecule has 200 valence electrons. The first-order valence-corrected chi connectivity index (χ1v) is 12.1. The molecule has 11 heteroatoms. The quantitative estimate of drug-likeness (QED) is 0.194. The van der Waals surface area contributed by atoms with Gasteiger partial charge in [-0.3, -0.25) is 19.2 Å². The highest BCUT2D eigenvalue weighted by Gasteiger charge is 2.32. The standard InChI is InChI=1S/C25H39N5O6/c1-5-15(4)21(27)24(34)29-17(11-14(2)3)22(32)28-18(13-20(26)31)23(33)30-19(25(35)36)12-16-9-7-6-8-10-16/h6-10,14-15,17-19,21H,5,11-13,27H2,1-4H3,(H2,26,31)(H,28,32)(H,29,34)(H,30,33)(H,35,36). The van der Waals surface area contributed by atoms with Gasteiger partial charge in [0.15, 0.2) is 0 Å². The van der Waals surface area contributed by atoms with Gasteiger partial charge in [-0.05, 0) is 23.8 Å². The first-order chi connectivity index (χ1) is 16.8. The smallest absolute Gasteiger partial charge is 0.326 e. The van der Waals surface area contributed by atoms with Crippen LogP contribution in [-0.4, -0.2) is 58.9 Å². The van der Waals surface area contributed by atoms with Crippen molar-refractivity contribution >= 4 is 29.6 Å². The second-order valence-electron chi connectivity index (χ2n) is 9.42. The Bertz CT molecular complexity index is 907. The van der Waals surface area contributed by atoms with Crippen molar-refractivity contribution < 1.29 is 29.1 Å². The molecule has 0 heterocycles. The molecule has 1 aromatic carbocycles. The molecule has 5 unspecified atom stereocenters. The Morgan fingerprint density at radius 2 is 1.39 bits per heavy atom. The van der Waals surface area contributed by atoms with Crippen LogP contribution in [0, 0.1) is 11.8 Å². The fourth-order valence-corrected chi connectivity index (χ4v) is 3.49. The Labute approximate surface area is 211 Å². The van der Waals surface area contributed by atoms with Gasteiger partial charge >= 0.3 is 5.97 Å². The average Bonchev–Trinajstić information content (AvgIpc) is 2.81. The van der Waals surface area contributed by atoms with E-state index in [1.54, 1.807) is 30.3 Å². The number of carbonyl (C=O) groups excluding carboxylic acids is 4. The van der Waals surface area contributed by atoms with Crippen molar-refractivity contribution in [1.29, 1.82) is 0 Å². The van der Waals surface area contributed by atoms with Crippen molar-refractivity contribution in [3.05, 3.63) is 35.9 Å². The van der Waals surface area contributed by atoms with Crippen LogP contribution in [0.3, 0.4) is 0 Å². The lowest BCUT2D eigenvalue weighted by molar-refractivity contribution is -0.142. The molecular formula is C25H39N5O6. The Kier molecular flexibility index (Phi) is 12.6. The number of aliphatic carboxylic acids is 1. The molecule has 0 radical (unpaired) electrons. The number of amides is 4. The number of rotatable bonds is 15. The summed E-state index contributed by atoms with van der Waals surface area (Å²) in [6.45, 7) is 7.43. The summed E-state index contributed by atoms with van der Waals surface area (Å²) in [7, 11) is 0. The molecule has 0 saturated heterocycles. The van der Waals surface area contributed by atoms with Crippen LogP contribution in [0.15, 0.2) is 30.3 Å². The van der Waals surface area contributed by atoms with Gasteiger partial charge in [0.05, 0.1) is 12.5 Å². The maximum absolute atomic E-state index is 13.1. The number of primary amides is 1. The van der Waals surface area contributed by atoms with E-state index in [1.807, 2.05) is 27.7 Å². The Hall–Kier alpha value is -3.47. The Morgan fingerprint density at radius 3 is 1.89 bits per heavy atom. The molecular weight excluding hydrogens is 466 g/mol. The van der Waals surface area contributed by atoms with Crippen LogP contribution in [-0.2, 0) is 30.4 Å². The lowest BCUT2D eigenvalue weighted by Crippen LogP contribution is -2.58. The summed E-state index contributed by atoms with van der Waals surface area (Å²) < 4.78 is 0. The number of carbonyl (C=O) groups is 5. The Morgan fingerprint density at radius 1 is 0.861 bits per heavy atom. The van der Waals surface area contributed by atoms with Gasteiger partial charge in [0, 0.05) is 6.42 Å². The zero-order chi connectivity index (χ0) is 27.4. The second kappa shape index (κ2) is 14.8. The SMILES string of the molecule is CCC(C)C(N)C(=O)NC(CC(C)C)C(=O)NC(CC(N)=O)C(=O)NC(Cc1ccccc1)C(=O)O. The van der Waals surface area contributed by atoms with E-state index in [4.69, 9.17) is 11.5 Å². The molecule has 11 nitrogen and oxygen atoms in total. The fourth-order valence-electron chi connectivity index (χ4n) is 3.49. The molecule has 36 heavy (non-hydrogen) atoms. The van der Waals surface area contributed by atoms with Crippen molar-refractivity contribution in [2.24, 2.45) is 23.3 Å². The molecule has 0 aliphatic carbocycles. The molecule has 5 atom stereocenters. The van der Waals surface area contributed by atoms with Gasteiger partial charge in [0.2, 0.25) is 23.6 Å². The first kappa shape index (κ1) is 30.6. The van der Waals surface area contributed by atoms with Gasteiger partial charge in [0.25, 0.3) is 0 Å². The minimum Gasteiger partial charge on any atom is -0.480 e. The summed E-state index contributed by atoms with van der Waals surface area (Å²) in [4.78, 5) is 61.9. The molecule has 1 rings (SSSR count). The van der Waals surface area contributed by atoms with E-state index < -0.39 is 60.2 Å². The van der Waals surface area contributed by atoms with Crippen molar-refractivity contribution in [3.8, 4) is 0 Å². The monoisotopic (exact) mass is 505 g/mol. The number of carboxylic acids is 1. The third-order valence-corrected chi connectivity index (χ3v) is 5.84. The minimum atomic E-state index is -1.43. The van der Waals surface area contributed by atoms with Crippen molar-refractivity contribution in [1.82, 2.24) is 16.0 Å². The van der Waals surface area contributed by atoms with Crippen LogP contribution < -0.4 is 27.4 Å². The summed E-state index contributed by atoms with van der Waals surface area (Å²) in [6, 6.07) is 4.12. The zero-order valence-electron chi connectivity index (χ0n) is 21.3. The zero-order valence-corrected chi connectivity index (χ0v) is 21.3. The van der Waals surface area contributed by atoms with Crippen LogP contribution in [0.5, 0.6) is 0 Å². The predicted molar refractivity (Wildman–Crippen MR) is 134 cm³/mol. The Balaban J connectivity index is 3.02. The summed E-state index contributed by atoms with van der Waals surface area (Å²) in [5, 5.41) is 17.0. The number of benzene rings is 1. The molecule has 0 aliphatic rings. The maximum Gasteiger partial charge on any atom is 0.326 e. The maximum atomic E-state index is 13.1. The summed E-state index contributed by atoms with van der Waals surface area (Å²) in [6.07, 6.45) is 0.369. The summed E-state index contributed by atoms with van der Waals surface area (Å²) in [5.41, 5.74) is 11.9. The van der Waals surface area contributed by atoms with Crippen LogP contribution in [0.2, 0.25) is 0 Å². The van der Waals surface area contributed by atoms with E-state index in [-0.39, 0.29) is 24.7 Å². The highest BCUT2D eigenvalue weighted by Crippen LogP contribution is 2.10. The van der Waals surface area contributed by atoms with Crippen molar-refractivity contribution in [2.45, 2.75) is 77.5 Å². The average molecular weight is 506 g/mol. The van der Waals surface area contributed by atoms with Crippen molar-refractivity contribution in [2.75, 3.05) is 0 Å². The van der Waals surface area contributed by atoms with Crippen LogP contribution in [0.25, 0.3) is 0 Å². The lowest BCUT2D eigenvalue weighted by atomic mass is 9.97. The largest absolute Gasteiger partial charge is 0.480 e. The van der Waals surface area contributed by atoms with Crippen molar-refractivity contribution in [3.63, 3.8) is 0 Å². The molecule has 0 aromatic heterocycles. The van der Waals surface area contributed by atoms with E-state index >= 15 is 0 Å². The fraction of sp³-hybridized carbons (Fsp3) is 0.560. The van der Waals surface area contributed by atoms with E-state index in [1.165, 1.54) is 0 Å². The molecule has 0 saturated carbocycles. The van der Waals surface area contributed by atoms with E-state index in [0.717, 1.165) is 0 Å². The van der Waals surface area contributed by atoms with Gasteiger partial charge < -0.3 is 32.5 Å². The normalized spacial score (nSPS) is 15.2. The van der Waals surface area contributed by atoms with E-state index in [9.17, 15) is 29.1 Å².